The summed E-state index contributed by atoms with van der Waals surface area (Å²) >= 11 is 5.79. The number of fused-ring (bicyclic) bond motifs is 1. The third kappa shape index (κ3) is 3.09. The molecule has 1 aromatic rings. The Bertz CT molecular complexity index is 652. The Morgan fingerprint density at radius 3 is 2.68 bits per heavy atom. The molecule has 0 fully saturated rings. The molecule has 0 radical (unpaired) electrons. The first kappa shape index (κ1) is 16.4. The molecule has 1 aliphatic rings. The summed E-state index contributed by atoms with van der Waals surface area (Å²) in [6.45, 7) is 1.39. The average Bonchev–Trinajstić information content (AvgIpc) is 2.44. The molecule has 1 heterocycles. The third-order valence-corrected chi connectivity index (χ3v) is 3.09. The molecule has 22 heavy (non-hydrogen) atoms. The maximum Gasteiger partial charge on any atom is 0.430 e. The highest BCUT2D eigenvalue weighted by Crippen LogP contribution is 2.40. The largest absolute Gasteiger partial charge is 0.474 e. The van der Waals surface area contributed by atoms with Gasteiger partial charge in [-0.15, -0.1) is 0 Å². The number of carbonyl (C=O) groups excluding carboxylic acids is 2. The first-order valence-corrected chi connectivity index (χ1v) is 6.56. The molecule has 8 heteroatoms. The van der Waals surface area contributed by atoms with Crippen molar-refractivity contribution < 1.29 is 32.2 Å². The molecule has 1 unspecified atom stereocenters. The SMILES string of the molecule is CCOC(=O)C1=Cc2cc(Cl)cc(C=O)c2OC1C(F)(F)F. The van der Waals surface area contributed by atoms with Crippen LogP contribution in [0.15, 0.2) is 17.7 Å². The van der Waals surface area contributed by atoms with E-state index in [2.05, 4.69) is 4.74 Å². The summed E-state index contributed by atoms with van der Waals surface area (Å²) in [6.07, 6.45) is -6.02. The number of halogens is 4. The Balaban J connectivity index is 2.60. The predicted octanol–water partition coefficient (Wildman–Crippen LogP) is 3.42. The molecule has 1 aliphatic heterocycles. The lowest BCUT2D eigenvalue weighted by Crippen LogP contribution is -2.41. The van der Waals surface area contributed by atoms with Crippen LogP contribution in [-0.4, -0.2) is 31.1 Å². The number of rotatable bonds is 3. The summed E-state index contributed by atoms with van der Waals surface area (Å²) in [5.41, 5.74) is -0.713. The van der Waals surface area contributed by atoms with Crippen LogP contribution in [-0.2, 0) is 9.53 Å². The second-order valence-corrected chi connectivity index (χ2v) is 4.83. The number of alkyl halides is 3. The molecule has 0 amide bonds. The molecule has 1 aromatic carbocycles. The van der Waals surface area contributed by atoms with Crippen LogP contribution in [0.1, 0.15) is 22.8 Å². The fourth-order valence-electron chi connectivity index (χ4n) is 2.02. The standard InChI is InChI=1S/C14H10ClF3O4/c1-2-21-13(20)10-5-7-3-9(15)4-8(6-19)11(7)22-12(10)14(16,17)18/h3-6,12H,2H2,1H3. The molecule has 118 valence electrons. The van der Waals surface area contributed by atoms with Crippen molar-refractivity contribution in [1.82, 2.24) is 0 Å². The minimum atomic E-state index is -4.84. The predicted molar refractivity (Wildman–Crippen MR) is 71.9 cm³/mol. The van der Waals surface area contributed by atoms with Gasteiger partial charge >= 0.3 is 12.1 Å². The van der Waals surface area contributed by atoms with E-state index < -0.39 is 23.8 Å². The summed E-state index contributed by atoms with van der Waals surface area (Å²) in [7, 11) is 0. The Morgan fingerprint density at radius 1 is 1.45 bits per heavy atom. The van der Waals surface area contributed by atoms with Crippen molar-refractivity contribution >= 4 is 29.9 Å². The number of esters is 1. The molecule has 0 bridgehead atoms. The summed E-state index contributed by atoms with van der Waals surface area (Å²) in [4.78, 5) is 22.7. The minimum absolute atomic E-state index is 0.0806. The minimum Gasteiger partial charge on any atom is -0.474 e. The van der Waals surface area contributed by atoms with Gasteiger partial charge in [0.05, 0.1) is 17.7 Å². The van der Waals surface area contributed by atoms with Crippen LogP contribution in [0.4, 0.5) is 13.2 Å². The van der Waals surface area contributed by atoms with E-state index >= 15 is 0 Å². The highest BCUT2D eigenvalue weighted by atomic mass is 35.5. The van der Waals surface area contributed by atoms with Crippen molar-refractivity contribution in [3.05, 3.63) is 33.9 Å². The molecule has 0 aliphatic carbocycles. The molecule has 0 saturated heterocycles. The van der Waals surface area contributed by atoms with Crippen LogP contribution >= 0.6 is 11.6 Å². The van der Waals surface area contributed by atoms with E-state index in [1.807, 2.05) is 0 Å². The maximum absolute atomic E-state index is 13.1. The van der Waals surface area contributed by atoms with Gasteiger partial charge in [-0.25, -0.2) is 4.79 Å². The quantitative estimate of drug-likeness (QED) is 0.628. The second-order valence-electron chi connectivity index (χ2n) is 4.39. The van der Waals surface area contributed by atoms with E-state index in [-0.39, 0.29) is 28.5 Å². The zero-order chi connectivity index (χ0) is 16.5. The van der Waals surface area contributed by atoms with Crippen molar-refractivity contribution in [3.8, 4) is 5.75 Å². The van der Waals surface area contributed by atoms with Gasteiger partial charge in [-0.1, -0.05) is 11.6 Å². The van der Waals surface area contributed by atoms with Gasteiger partial charge in [-0.3, -0.25) is 4.79 Å². The average molecular weight is 335 g/mol. The number of benzene rings is 1. The highest BCUT2D eigenvalue weighted by molar-refractivity contribution is 6.31. The Kier molecular flexibility index (Phi) is 4.46. The zero-order valence-corrected chi connectivity index (χ0v) is 12.0. The van der Waals surface area contributed by atoms with E-state index in [9.17, 15) is 22.8 Å². The topological polar surface area (TPSA) is 52.6 Å². The van der Waals surface area contributed by atoms with Crippen LogP contribution in [0.2, 0.25) is 5.02 Å². The molecule has 0 N–H and O–H groups in total. The van der Waals surface area contributed by atoms with Gasteiger partial charge in [0, 0.05) is 10.6 Å². The molecule has 0 spiro atoms. The Hall–Kier alpha value is -2.02. The monoisotopic (exact) mass is 334 g/mol. The van der Waals surface area contributed by atoms with Gasteiger partial charge in [0.15, 0.2) is 6.29 Å². The summed E-state index contributed by atoms with van der Waals surface area (Å²) < 4.78 is 48.8. The van der Waals surface area contributed by atoms with Gasteiger partial charge in [-0.05, 0) is 25.1 Å². The smallest absolute Gasteiger partial charge is 0.430 e. The van der Waals surface area contributed by atoms with E-state index in [0.717, 1.165) is 6.08 Å². The molecular weight excluding hydrogens is 325 g/mol. The fourth-order valence-corrected chi connectivity index (χ4v) is 2.25. The first-order chi connectivity index (χ1) is 10.3. The third-order valence-electron chi connectivity index (χ3n) is 2.88. The zero-order valence-electron chi connectivity index (χ0n) is 11.2. The number of aldehydes is 1. The van der Waals surface area contributed by atoms with Gasteiger partial charge in [0.2, 0.25) is 6.10 Å². The molecular formula is C14H10ClF3O4. The number of hydrogen-bond acceptors (Lipinski definition) is 4. The highest BCUT2D eigenvalue weighted by Gasteiger charge is 2.49. The summed E-state index contributed by atoms with van der Waals surface area (Å²) in [5, 5.41) is 0.134. The second kappa shape index (κ2) is 6.00. The normalized spacial score (nSPS) is 17.1. The van der Waals surface area contributed by atoms with Crippen molar-refractivity contribution in [3.63, 3.8) is 0 Å². The fraction of sp³-hybridized carbons (Fsp3) is 0.286. The van der Waals surface area contributed by atoms with Crippen molar-refractivity contribution in [2.45, 2.75) is 19.2 Å². The van der Waals surface area contributed by atoms with Gasteiger partial charge in [-0.2, -0.15) is 13.2 Å². The number of ether oxygens (including phenoxy) is 2. The lowest BCUT2D eigenvalue weighted by molar-refractivity contribution is -0.187. The van der Waals surface area contributed by atoms with Crippen molar-refractivity contribution in [2.75, 3.05) is 6.61 Å². The van der Waals surface area contributed by atoms with E-state index in [0.29, 0.717) is 6.29 Å². The van der Waals surface area contributed by atoms with E-state index in [4.69, 9.17) is 16.3 Å². The molecule has 2 rings (SSSR count). The van der Waals surface area contributed by atoms with Gasteiger partial charge in [0.25, 0.3) is 0 Å². The molecule has 0 saturated carbocycles. The van der Waals surface area contributed by atoms with Gasteiger partial charge < -0.3 is 9.47 Å². The van der Waals surface area contributed by atoms with E-state index in [1.54, 1.807) is 0 Å². The number of hydrogen-bond donors (Lipinski definition) is 0. The summed E-state index contributed by atoms with van der Waals surface area (Å²) in [6, 6.07) is 2.49. The van der Waals surface area contributed by atoms with E-state index in [1.165, 1.54) is 19.1 Å². The first-order valence-electron chi connectivity index (χ1n) is 6.18. The maximum atomic E-state index is 13.1. The Labute approximate surface area is 128 Å². The van der Waals surface area contributed by atoms with Crippen molar-refractivity contribution in [2.24, 2.45) is 0 Å². The summed E-state index contributed by atoms with van der Waals surface area (Å²) in [5.74, 6) is -1.40. The lowest BCUT2D eigenvalue weighted by atomic mass is 9.99. The molecule has 4 nitrogen and oxygen atoms in total. The molecule has 0 aromatic heterocycles. The van der Waals surface area contributed by atoms with Gasteiger partial charge in [0.1, 0.15) is 5.75 Å². The Morgan fingerprint density at radius 2 is 2.14 bits per heavy atom. The number of carbonyl (C=O) groups is 2. The van der Waals surface area contributed by atoms with Crippen LogP contribution in [0.25, 0.3) is 6.08 Å². The molecule has 1 atom stereocenters. The van der Waals surface area contributed by atoms with Crippen LogP contribution in [0, 0.1) is 0 Å². The van der Waals surface area contributed by atoms with Crippen LogP contribution < -0.4 is 4.74 Å². The van der Waals surface area contributed by atoms with Crippen LogP contribution in [0.5, 0.6) is 5.75 Å². The lowest BCUT2D eigenvalue weighted by Gasteiger charge is -2.28. The van der Waals surface area contributed by atoms with Crippen molar-refractivity contribution in [1.29, 1.82) is 0 Å². The van der Waals surface area contributed by atoms with Crippen LogP contribution in [0.3, 0.4) is 0 Å².